The molecule has 2 nitrogen and oxygen atoms in total. The summed E-state index contributed by atoms with van der Waals surface area (Å²) in [6, 6.07) is 7.93. The van der Waals surface area contributed by atoms with Gasteiger partial charge in [-0.2, -0.15) is 5.26 Å². The lowest BCUT2D eigenvalue weighted by atomic mass is 10.1. The van der Waals surface area contributed by atoms with Gasteiger partial charge in [0.15, 0.2) is 0 Å². The fraction of sp³-hybridized carbons (Fsp3) is 0.364. The van der Waals surface area contributed by atoms with Crippen LogP contribution in [0.2, 0.25) is 5.02 Å². The lowest BCUT2D eigenvalue weighted by Gasteiger charge is -2.09. The number of nitriles is 1. The Kier molecular flexibility index (Phi) is 3.94. The van der Waals surface area contributed by atoms with Crippen LogP contribution in [0.3, 0.4) is 0 Å². The van der Waals surface area contributed by atoms with Crippen LogP contribution in [0.15, 0.2) is 18.2 Å². The van der Waals surface area contributed by atoms with Gasteiger partial charge >= 0.3 is 0 Å². The van der Waals surface area contributed by atoms with Crippen LogP contribution >= 0.6 is 11.6 Å². The van der Waals surface area contributed by atoms with Crippen molar-refractivity contribution in [2.45, 2.75) is 26.4 Å². The molecule has 0 aliphatic carbocycles. The van der Waals surface area contributed by atoms with Crippen LogP contribution in [0.1, 0.15) is 25.0 Å². The molecule has 0 radical (unpaired) electrons. The van der Waals surface area contributed by atoms with Crippen LogP contribution < -0.4 is 5.32 Å². The molecule has 0 unspecified atom stereocenters. The van der Waals surface area contributed by atoms with Gasteiger partial charge in [-0.15, -0.1) is 0 Å². The molecule has 0 saturated carbocycles. The maximum absolute atomic E-state index is 8.87. The first kappa shape index (κ1) is 11.0. The second-order valence-corrected chi connectivity index (χ2v) is 3.89. The van der Waals surface area contributed by atoms with Crippen molar-refractivity contribution >= 4 is 11.6 Å². The van der Waals surface area contributed by atoms with Crippen molar-refractivity contribution in [2.75, 3.05) is 0 Å². The molecule has 1 N–H and O–H groups in total. The molecule has 0 aromatic heterocycles. The molecule has 14 heavy (non-hydrogen) atoms. The molecule has 1 rings (SSSR count). The molecule has 1 aromatic carbocycles. The lowest BCUT2D eigenvalue weighted by molar-refractivity contribution is 0.588. The Morgan fingerprint density at radius 2 is 2.21 bits per heavy atom. The van der Waals surface area contributed by atoms with Crippen LogP contribution in [-0.2, 0) is 6.54 Å². The van der Waals surface area contributed by atoms with E-state index < -0.39 is 0 Å². The zero-order chi connectivity index (χ0) is 10.6. The molecule has 0 bridgehead atoms. The standard InChI is InChI=1S/C11H13ClN2/c1-8(2)14-7-9-3-4-11(12)5-10(9)6-13/h3-5,8,14H,7H2,1-2H3. The van der Waals surface area contributed by atoms with E-state index in [4.69, 9.17) is 16.9 Å². The van der Waals surface area contributed by atoms with Gasteiger partial charge in [-0.1, -0.05) is 31.5 Å². The Balaban J connectivity index is 2.82. The van der Waals surface area contributed by atoms with Crippen LogP contribution in [-0.4, -0.2) is 6.04 Å². The Labute approximate surface area is 89.5 Å². The number of halogens is 1. The number of nitrogens with zero attached hydrogens (tertiary/aromatic N) is 1. The van der Waals surface area contributed by atoms with E-state index in [1.165, 1.54) is 0 Å². The summed E-state index contributed by atoms with van der Waals surface area (Å²) in [6.45, 7) is 4.85. The monoisotopic (exact) mass is 208 g/mol. The number of hydrogen-bond acceptors (Lipinski definition) is 2. The lowest BCUT2D eigenvalue weighted by Crippen LogP contribution is -2.22. The molecule has 0 fully saturated rings. The number of rotatable bonds is 3. The van der Waals surface area contributed by atoms with E-state index in [-0.39, 0.29) is 0 Å². The zero-order valence-corrected chi connectivity index (χ0v) is 9.10. The minimum Gasteiger partial charge on any atom is -0.310 e. The number of nitrogens with one attached hydrogen (secondary N) is 1. The molecule has 3 heteroatoms. The fourth-order valence-electron chi connectivity index (χ4n) is 1.12. The van der Waals surface area contributed by atoms with Gasteiger partial charge in [0.05, 0.1) is 11.6 Å². The fourth-order valence-corrected chi connectivity index (χ4v) is 1.29. The molecule has 0 atom stereocenters. The first-order chi connectivity index (χ1) is 6.63. The third-order valence-electron chi connectivity index (χ3n) is 1.89. The molecule has 0 saturated heterocycles. The molecule has 0 heterocycles. The van der Waals surface area contributed by atoms with Crippen LogP contribution in [0.4, 0.5) is 0 Å². The van der Waals surface area contributed by atoms with Gasteiger partial charge in [-0.25, -0.2) is 0 Å². The Morgan fingerprint density at radius 1 is 1.50 bits per heavy atom. The van der Waals surface area contributed by atoms with Crippen molar-refractivity contribution in [1.82, 2.24) is 5.32 Å². The van der Waals surface area contributed by atoms with Gasteiger partial charge in [-0.05, 0) is 17.7 Å². The van der Waals surface area contributed by atoms with Crippen molar-refractivity contribution in [1.29, 1.82) is 5.26 Å². The summed E-state index contributed by atoms with van der Waals surface area (Å²) in [5.74, 6) is 0. The maximum Gasteiger partial charge on any atom is 0.0995 e. The smallest absolute Gasteiger partial charge is 0.0995 e. The van der Waals surface area contributed by atoms with Gasteiger partial charge in [0.2, 0.25) is 0 Å². The van der Waals surface area contributed by atoms with Gasteiger partial charge in [0, 0.05) is 17.6 Å². The molecule has 0 amide bonds. The Bertz CT molecular complexity index is 353. The van der Waals surface area contributed by atoms with Gasteiger partial charge < -0.3 is 5.32 Å². The quantitative estimate of drug-likeness (QED) is 0.829. The molecule has 0 spiro atoms. The second kappa shape index (κ2) is 4.99. The normalized spacial score (nSPS) is 10.2. The van der Waals surface area contributed by atoms with Crippen molar-refractivity contribution < 1.29 is 0 Å². The van der Waals surface area contributed by atoms with E-state index >= 15 is 0 Å². The first-order valence-corrected chi connectivity index (χ1v) is 4.93. The molecular formula is C11H13ClN2. The summed E-state index contributed by atoms with van der Waals surface area (Å²) in [5.41, 5.74) is 1.64. The van der Waals surface area contributed by atoms with Gasteiger partial charge in [-0.3, -0.25) is 0 Å². The van der Waals surface area contributed by atoms with E-state index in [2.05, 4.69) is 25.2 Å². The third-order valence-corrected chi connectivity index (χ3v) is 2.13. The molecular weight excluding hydrogens is 196 g/mol. The highest BCUT2D eigenvalue weighted by atomic mass is 35.5. The maximum atomic E-state index is 8.87. The van der Waals surface area contributed by atoms with Crippen molar-refractivity contribution in [3.8, 4) is 6.07 Å². The zero-order valence-electron chi connectivity index (χ0n) is 8.34. The Hall–Kier alpha value is -1.04. The minimum atomic E-state index is 0.414. The van der Waals surface area contributed by atoms with Gasteiger partial charge in [0.1, 0.15) is 0 Å². The van der Waals surface area contributed by atoms with Crippen molar-refractivity contribution in [2.24, 2.45) is 0 Å². The summed E-state index contributed by atoms with van der Waals surface area (Å²) >= 11 is 5.79. The molecule has 0 aliphatic rings. The molecule has 0 aliphatic heterocycles. The SMILES string of the molecule is CC(C)NCc1ccc(Cl)cc1C#N. The molecule has 74 valence electrons. The van der Waals surface area contributed by atoms with Gasteiger partial charge in [0.25, 0.3) is 0 Å². The van der Waals surface area contributed by atoms with Crippen molar-refractivity contribution in [3.63, 3.8) is 0 Å². The molecule has 1 aromatic rings. The predicted octanol–water partition coefficient (Wildman–Crippen LogP) is 2.71. The van der Waals surface area contributed by atoms with Crippen molar-refractivity contribution in [3.05, 3.63) is 34.3 Å². The summed E-state index contributed by atoms with van der Waals surface area (Å²) in [7, 11) is 0. The highest BCUT2D eigenvalue weighted by molar-refractivity contribution is 6.30. The predicted molar refractivity (Wildman–Crippen MR) is 58.1 cm³/mol. The highest BCUT2D eigenvalue weighted by Gasteiger charge is 2.02. The van der Waals surface area contributed by atoms with E-state index in [0.29, 0.717) is 23.2 Å². The second-order valence-electron chi connectivity index (χ2n) is 3.45. The summed E-state index contributed by atoms with van der Waals surface area (Å²) in [5, 5.41) is 12.7. The largest absolute Gasteiger partial charge is 0.310 e. The number of hydrogen-bond donors (Lipinski definition) is 1. The first-order valence-electron chi connectivity index (χ1n) is 4.55. The van der Waals surface area contributed by atoms with E-state index in [9.17, 15) is 0 Å². The van der Waals surface area contributed by atoms with Crippen LogP contribution in [0, 0.1) is 11.3 Å². The highest BCUT2D eigenvalue weighted by Crippen LogP contribution is 2.15. The Morgan fingerprint density at radius 3 is 2.79 bits per heavy atom. The van der Waals surface area contributed by atoms with E-state index in [1.54, 1.807) is 12.1 Å². The van der Waals surface area contributed by atoms with Crippen LogP contribution in [0.5, 0.6) is 0 Å². The summed E-state index contributed by atoms with van der Waals surface area (Å²) < 4.78 is 0. The number of benzene rings is 1. The average molecular weight is 209 g/mol. The topological polar surface area (TPSA) is 35.8 Å². The summed E-state index contributed by atoms with van der Waals surface area (Å²) in [4.78, 5) is 0. The third kappa shape index (κ3) is 3.02. The van der Waals surface area contributed by atoms with E-state index in [1.807, 2.05) is 6.07 Å². The summed E-state index contributed by atoms with van der Waals surface area (Å²) in [6.07, 6.45) is 0. The minimum absolute atomic E-state index is 0.414. The van der Waals surface area contributed by atoms with E-state index in [0.717, 1.165) is 5.56 Å². The van der Waals surface area contributed by atoms with Crippen LogP contribution in [0.25, 0.3) is 0 Å². The average Bonchev–Trinajstić information content (AvgIpc) is 2.15.